The number of aliphatic carboxylic acids is 1. The molecule has 0 aliphatic heterocycles. The number of carboxylic acids is 1. The van der Waals surface area contributed by atoms with Crippen molar-refractivity contribution in [2.45, 2.75) is 32.0 Å². The minimum Gasteiger partial charge on any atom is -0.480 e. The molecule has 6 heteroatoms. The maximum absolute atomic E-state index is 11.0. The van der Waals surface area contributed by atoms with Crippen molar-refractivity contribution >= 4 is 11.9 Å². The zero-order valence-corrected chi connectivity index (χ0v) is 7.52. The summed E-state index contributed by atoms with van der Waals surface area (Å²) < 4.78 is 0. The summed E-state index contributed by atoms with van der Waals surface area (Å²) in [6.07, 6.45) is -1.15. The molecule has 0 rings (SSSR count). The van der Waals surface area contributed by atoms with Crippen LogP contribution in [-0.2, 0) is 9.59 Å². The SMILES string of the molecule is C[C@H](N)C(=O)N[C@H](C(=O)O)[C@H](C)O. The van der Waals surface area contributed by atoms with Crippen LogP contribution >= 0.6 is 0 Å². The van der Waals surface area contributed by atoms with Crippen LogP contribution in [0.3, 0.4) is 0 Å². The molecule has 13 heavy (non-hydrogen) atoms. The lowest BCUT2D eigenvalue weighted by Crippen LogP contribution is -2.51. The number of carboxylic acid groups (broad SMARTS) is 1. The van der Waals surface area contributed by atoms with Crippen LogP contribution in [0.2, 0.25) is 0 Å². The van der Waals surface area contributed by atoms with Gasteiger partial charge in [0.1, 0.15) is 0 Å². The molecule has 76 valence electrons. The van der Waals surface area contributed by atoms with E-state index in [2.05, 4.69) is 5.32 Å². The summed E-state index contributed by atoms with van der Waals surface area (Å²) in [7, 11) is 0. The van der Waals surface area contributed by atoms with Gasteiger partial charge < -0.3 is 21.3 Å². The summed E-state index contributed by atoms with van der Waals surface area (Å²) in [5.74, 6) is -1.89. The van der Waals surface area contributed by atoms with Gasteiger partial charge in [-0.15, -0.1) is 0 Å². The molecule has 0 saturated carbocycles. The molecule has 0 spiro atoms. The third-order valence-electron chi connectivity index (χ3n) is 1.46. The first-order chi connectivity index (χ1) is 5.86. The molecule has 0 aromatic carbocycles. The van der Waals surface area contributed by atoms with Gasteiger partial charge in [-0.2, -0.15) is 0 Å². The molecule has 6 nitrogen and oxygen atoms in total. The van der Waals surface area contributed by atoms with Crippen molar-refractivity contribution in [2.75, 3.05) is 0 Å². The van der Waals surface area contributed by atoms with Crippen molar-refractivity contribution < 1.29 is 19.8 Å². The molecule has 0 unspecified atom stereocenters. The maximum atomic E-state index is 11.0. The summed E-state index contributed by atoms with van der Waals surface area (Å²) in [5, 5.41) is 19.6. The molecule has 5 N–H and O–H groups in total. The van der Waals surface area contributed by atoms with E-state index >= 15 is 0 Å². The van der Waals surface area contributed by atoms with E-state index in [-0.39, 0.29) is 0 Å². The number of aliphatic hydroxyl groups excluding tert-OH is 1. The van der Waals surface area contributed by atoms with Crippen LogP contribution in [0.4, 0.5) is 0 Å². The fourth-order valence-corrected chi connectivity index (χ4v) is 0.673. The van der Waals surface area contributed by atoms with Crippen LogP contribution in [0.5, 0.6) is 0 Å². The van der Waals surface area contributed by atoms with Gasteiger partial charge in [0.25, 0.3) is 0 Å². The van der Waals surface area contributed by atoms with Crippen molar-refractivity contribution in [3.63, 3.8) is 0 Å². The van der Waals surface area contributed by atoms with Crippen LogP contribution in [0.15, 0.2) is 0 Å². The molecule has 0 aromatic rings. The second-order valence-electron chi connectivity index (χ2n) is 2.85. The number of hydrogen-bond acceptors (Lipinski definition) is 4. The Hall–Kier alpha value is -1.14. The summed E-state index contributed by atoms with van der Waals surface area (Å²) in [5.41, 5.74) is 5.20. The van der Waals surface area contributed by atoms with Gasteiger partial charge in [0.15, 0.2) is 6.04 Å². The molecule has 1 amide bonds. The predicted octanol–water partition coefficient (Wildman–Crippen LogP) is -1.72. The van der Waals surface area contributed by atoms with Gasteiger partial charge in [0.2, 0.25) is 5.91 Å². The summed E-state index contributed by atoms with van der Waals surface area (Å²) in [4.78, 5) is 21.4. The van der Waals surface area contributed by atoms with Gasteiger partial charge in [0.05, 0.1) is 12.1 Å². The fraction of sp³-hybridized carbons (Fsp3) is 0.714. The molecule has 0 saturated heterocycles. The number of hydrogen-bond donors (Lipinski definition) is 4. The first-order valence-corrected chi connectivity index (χ1v) is 3.83. The summed E-state index contributed by atoms with van der Waals surface area (Å²) in [6.45, 7) is 2.70. The smallest absolute Gasteiger partial charge is 0.328 e. The zero-order valence-electron chi connectivity index (χ0n) is 7.52. The molecule has 0 aromatic heterocycles. The van der Waals surface area contributed by atoms with Crippen LogP contribution in [0, 0.1) is 0 Å². The quantitative estimate of drug-likeness (QED) is 0.421. The monoisotopic (exact) mass is 190 g/mol. The van der Waals surface area contributed by atoms with Crippen LogP contribution in [0.25, 0.3) is 0 Å². The normalized spacial score (nSPS) is 17.2. The second-order valence-corrected chi connectivity index (χ2v) is 2.85. The number of carbonyl (C=O) groups excluding carboxylic acids is 1. The number of amides is 1. The Balaban J connectivity index is 4.27. The Labute approximate surface area is 75.7 Å². The minimum atomic E-state index is -1.31. The van der Waals surface area contributed by atoms with Gasteiger partial charge in [-0.05, 0) is 13.8 Å². The van der Waals surface area contributed by atoms with E-state index in [9.17, 15) is 9.59 Å². The lowest BCUT2D eigenvalue weighted by Gasteiger charge is -2.17. The number of aliphatic hydroxyl groups is 1. The van der Waals surface area contributed by atoms with Gasteiger partial charge in [-0.1, -0.05) is 0 Å². The molecule has 0 aliphatic rings. The first kappa shape index (κ1) is 11.9. The van der Waals surface area contributed by atoms with Gasteiger partial charge in [0, 0.05) is 0 Å². The highest BCUT2D eigenvalue weighted by atomic mass is 16.4. The van der Waals surface area contributed by atoms with Gasteiger partial charge in [-0.25, -0.2) is 4.79 Å². The molecule has 0 bridgehead atoms. The van der Waals surface area contributed by atoms with E-state index in [1.165, 1.54) is 13.8 Å². The summed E-state index contributed by atoms with van der Waals surface area (Å²) >= 11 is 0. The average Bonchev–Trinajstić information content (AvgIpc) is 1.97. The third-order valence-corrected chi connectivity index (χ3v) is 1.46. The molecular formula is C7H14N2O4. The van der Waals surface area contributed by atoms with E-state index in [4.69, 9.17) is 15.9 Å². The lowest BCUT2D eigenvalue weighted by atomic mass is 10.1. The van der Waals surface area contributed by atoms with Crippen molar-refractivity contribution in [3.8, 4) is 0 Å². The van der Waals surface area contributed by atoms with E-state index in [0.29, 0.717) is 0 Å². The second kappa shape index (κ2) is 4.78. The number of carbonyl (C=O) groups is 2. The van der Waals surface area contributed by atoms with Crippen molar-refractivity contribution in [1.82, 2.24) is 5.32 Å². The van der Waals surface area contributed by atoms with Crippen molar-refractivity contribution in [1.29, 1.82) is 0 Å². The van der Waals surface area contributed by atoms with E-state index in [0.717, 1.165) is 0 Å². The van der Waals surface area contributed by atoms with Crippen LogP contribution in [-0.4, -0.2) is 40.3 Å². The molecule has 0 aliphatic carbocycles. The van der Waals surface area contributed by atoms with Crippen LogP contribution in [0.1, 0.15) is 13.8 Å². The molecular weight excluding hydrogens is 176 g/mol. The Morgan fingerprint density at radius 3 is 2.08 bits per heavy atom. The summed E-state index contributed by atoms with van der Waals surface area (Å²) in [6, 6.07) is -2.10. The molecule has 0 heterocycles. The highest BCUT2D eigenvalue weighted by Gasteiger charge is 2.25. The number of rotatable bonds is 4. The highest BCUT2D eigenvalue weighted by molar-refractivity contribution is 5.86. The Morgan fingerprint density at radius 2 is 1.85 bits per heavy atom. The number of nitrogens with one attached hydrogen (secondary N) is 1. The first-order valence-electron chi connectivity index (χ1n) is 3.83. The van der Waals surface area contributed by atoms with Crippen molar-refractivity contribution in [3.05, 3.63) is 0 Å². The van der Waals surface area contributed by atoms with Crippen LogP contribution < -0.4 is 11.1 Å². The molecule has 3 atom stereocenters. The van der Waals surface area contributed by atoms with Gasteiger partial charge >= 0.3 is 5.97 Å². The topological polar surface area (TPSA) is 113 Å². The van der Waals surface area contributed by atoms with E-state index in [1.54, 1.807) is 0 Å². The molecule has 0 radical (unpaired) electrons. The average molecular weight is 190 g/mol. The maximum Gasteiger partial charge on any atom is 0.328 e. The standard InChI is InChI=1S/C7H14N2O4/c1-3(8)6(11)9-5(4(2)10)7(12)13/h3-5,10H,8H2,1-2H3,(H,9,11)(H,12,13)/t3-,4-,5-/m0/s1. The van der Waals surface area contributed by atoms with E-state index < -0.39 is 30.1 Å². The zero-order chi connectivity index (χ0) is 10.6. The highest BCUT2D eigenvalue weighted by Crippen LogP contribution is 1.93. The lowest BCUT2D eigenvalue weighted by molar-refractivity contribution is -0.144. The van der Waals surface area contributed by atoms with Crippen molar-refractivity contribution in [2.24, 2.45) is 5.73 Å². The minimum absolute atomic E-state index is 0.603. The Bertz CT molecular complexity index is 203. The predicted molar refractivity (Wildman–Crippen MR) is 44.9 cm³/mol. The van der Waals surface area contributed by atoms with E-state index in [1.807, 2.05) is 0 Å². The fourth-order valence-electron chi connectivity index (χ4n) is 0.673. The Kier molecular flexibility index (Phi) is 4.36. The van der Waals surface area contributed by atoms with Gasteiger partial charge in [-0.3, -0.25) is 4.79 Å². The largest absolute Gasteiger partial charge is 0.480 e. The Morgan fingerprint density at radius 1 is 1.38 bits per heavy atom. The third kappa shape index (κ3) is 3.86. The number of nitrogens with two attached hydrogens (primary N) is 1. The molecule has 0 fully saturated rings.